The number of likely N-dealkylation sites (N-methyl/N-ethyl adjacent to an activating group) is 1. The fourth-order valence-electron chi connectivity index (χ4n) is 6.17. The second-order valence-corrected chi connectivity index (χ2v) is 11.7. The molecule has 4 aromatic rings. The molecule has 43 heavy (non-hydrogen) atoms. The molecule has 0 radical (unpaired) electrons. The summed E-state index contributed by atoms with van der Waals surface area (Å²) >= 11 is 0. The van der Waals surface area contributed by atoms with E-state index >= 15 is 0 Å². The molecule has 2 aliphatic rings. The van der Waals surface area contributed by atoms with E-state index in [1.54, 1.807) is 17.0 Å². The molecule has 3 aromatic carbocycles. The fraction of sp³-hybridized carbons (Fsp3) is 0.353. The molecule has 3 N–H and O–H groups in total. The zero-order chi connectivity index (χ0) is 29.9. The quantitative estimate of drug-likeness (QED) is 0.262. The Hall–Kier alpha value is -4.37. The first kappa shape index (κ1) is 28.7. The number of piperidine rings is 1. The molecule has 3 heterocycles. The highest BCUT2D eigenvalue weighted by Crippen LogP contribution is 2.29. The van der Waals surface area contributed by atoms with Gasteiger partial charge in [0.25, 0.3) is 0 Å². The second-order valence-electron chi connectivity index (χ2n) is 11.7. The van der Waals surface area contributed by atoms with Gasteiger partial charge in [-0.15, -0.1) is 0 Å². The van der Waals surface area contributed by atoms with E-state index in [0.717, 1.165) is 41.7 Å². The minimum Gasteiger partial charge on any atom is -0.490 e. The van der Waals surface area contributed by atoms with Crippen LogP contribution in [-0.2, 0) is 17.8 Å². The number of halogens is 1. The predicted molar refractivity (Wildman–Crippen MR) is 166 cm³/mol. The van der Waals surface area contributed by atoms with Crippen molar-refractivity contribution >= 4 is 28.5 Å². The number of nitrogens with zero attached hydrogens (tertiary/aromatic N) is 2. The van der Waals surface area contributed by atoms with Crippen molar-refractivity contribution in [2.24, 2.45) is 0 Å². The Morgan fingerprint density at radius 3 is 2.56 bits per heavy atom. The summed E-state index contributed by atoms with van der Waals surface area (Å²) in [5.41, 5.74) is 5.19. The predicted octanol–water partition coefficient (Wildman–Crippen LogP) is 5.66. The number of rotatable bonds is 7. The molecule has 224 valence electrons. The SMILES string of the molecule is C[C@H](c1c[nH]c2ccccc12)[C@@H](NC(=O)N1CCC(Oc2ccc(F)cc2)CC1)C(=O)Nc1ccc2c(c1)CN(C)CC2. The number of aromatic amines is 1. The van der Waals surface area contributed by atoms with Crippen molar-refractivity contribution < 1.29 is 18.7 Å². The van der Waals surface area contributed by atoms with E-state index < -0.39 is 6.04 Å². The number of carbonyl (C=O) groups is 2. The number of carbonyl (C=O) groups excluding carboxylic acids is 2. The van der Waals surface area contributed by atoms with E-state index in [4.69, 9.17) is 4.74 Å². The highest BCUT2D eigenvalue weighted by molar-refractivity contribution is 5.98. The number of amides is 3. The Morgan fingerprint density at radius 1 is 1.00 bits per heavy atom. The van der Waals surface area contributed by atoms with Crippen molar-refractivity contribution in [2.45, 2.75) is 50.8 Å². The summed E-state index contributed by atoms with van der Waals surface area (Å²) in [6, 6.07) is 19.0. The third kappa shape index (κ3) is 6.51. The zero-order valence-corrected chi connectivity index (χ0v) is 24.6. The van der Waals surface area contributed by atoms with Crippen LogP contribution >= 0.6 is 0 Å². The molecule has 2 atom stereocenters. The molecule has 1 fully saturated rings. The third-order valence-corrected chi connectivity index (χ3v) is 8.70. The normalized spacial score (nSPS) is 17.2. The Labute approximate surface area is 251 Å². The van der Waals surface area contributed by atoms with Crippen LogP contribution in [0.2, 0.25) is 0 Å². The van der Waals surface area contributed by atoms with E-state index in [1.807, 2.05) is 49.5 Å². The first-order valence-corrected chi connectivity index (χ1v) is 15.0. The Balaban J connectivity index is 1.17. The van der Waals surface area contributed by atoms with Crippen LogP contribution in [0.25, 0.3) is 10.9 Å². The average Bonchev–Trinajstić information content (AvgIpc) is 3.45. The summed E-state index contributed by atoms with van der Waals surface area (Å²) in [5.74, 6) is -0.256. The van der Waals surface area contributed by atoms with Crippen LogP contribution in [0.1, 0.15) is 42.4 Å². The van der Waals surface area contributed by atoms with Crippen LogP contribution in [0.15, 0.2) is 72.9 Å². The molecule has 6 rings (SSSR count). The van der Waals surface area contributed by atoms with Crippen molar-refractivity contribution in [3.63, 3.8) is 0 Å². The molecular formula is C34H38FN5O3. The van der Waals surface area contributed by atoms with Gasteiger partial charge in [-0.2, -0.15) is 0 Å². The maximum absolute atomic E-state index is 13.9. The minimum atomic E-state index is -0.807. The van der Waals surface area contributed by atoms with Gasteiger partial charge in [-0.05, 0) is 72.6 Å². The van der Waals surface area contributed by atoms with Gasteiger partial charge in [0.05, 0.1) is 0 Å². The molecule has 3 amide bonds. The molecule has 9 heteroatoms. The number of anilines is 1. The van der Waals surface area contributed by atoms with Crippen LogP contribution < -0.4 is 15.4 Å². The standard InChI is InChI=1S/C34H38FN5O3/c1-22(30-20-36-31-6-4-3-5-29(30)31)32(33(41)37-26-10-7-23-13-16-39(2)21-24(23)19-26)38-34(42)40-17-14-28(15-18-40)43-27-11-8-25(35)9-12-27/h3-12,19-20,22,28,32,36H,13-18,21H2,1-2H3,(H,37,41)(H,38,42)/t22-,32-/m1/s1. The van der Waals surface area contributed by atoms with Crippen molar-refractivity contribution in [3.05, 3.63) is 95.4 Å². The van der Waals surface area contributed by atoms with Crippen molar-refractivity contribution in [2.75, 3.05) is 32.0 Å². The first-order chi connectivity index (χ1) is 20.8. The summed E-state index contributed by atoms with van der Waals surface area (Å²) in [4.78, 5) is 34.8. The minimum absolute atomic E-state index is 0.0678. The highest BCUT2D eigenvalue weighted by atomic mass is 19.1. The van der Waals surface area contributed by atoms with Crippen molar-refractivity contribution in [1.29, 1.82) is 0 Å². The maximum Gasteiger partial charge on any atom is 0.318 e. The molecule has 2 aliphatic heterocycles. The Bertz CT molecular complexity index is 1600. The molecule has 0 saturated carbocycles. The van der Waals surface area contributed by atoms with Crippen molar-refractivity contribution in [1.82, 2.24) is 20.1 Å². The first-order valence-electron chi connectivity index (χ1n) is 15.0. The van der Waals surface area contributed by atoms with E-state index in [2.05, 4.69) is 33.6 Å². The second kappa shape index (κ2) is 12.5. The number of fused-ring (bicyclic) bond motifs is 2. The molecular weight excluding hydrogens is 545 g/mol. The lowest BCUT2D eigenvalue weighted by atomic mass is 9.92. The highest BCUT2D eigenvalue weighted by Gasteiger charge is 2.33. The number of aromatic nitrogens is 1. The van der Waals surface area contributed by atoms with Gasteiger partial charge in [-0.1, -0.05) is 31.2 Å². The van der Waals surface area contributed by atoms with Crippen LogP contribution in [0.5, 0.6) is 5.75 Å². The van der Waals surface area contributed by atoms with E-state index in [0.29, 0.717) is 31.7 Å². The van der Waals surface area contributed by atoms with Gasteiger partial charge >= 0.3 is 6.03 Å². The number of nitrogens with one attached hydrogen (secondary N) is 3. The molecule has 1 saturated heterocycles. The number of hydrogen-bond acceptors (Lipinski definition) is 4. The van der Waals surface area contributed by atoms with E-state index in [1.165, 1.54) is 23.3 Å². The number of para-hydroxylation sites is 1. The topological polar surface area (TPSA) is 89.7 Å². The number of H-pyrrole nitrogens is 1. The Morgan fingerprint density at radius 2 is 1.77 bits per heavy atom. The summed E-state index contributed by atoms with van der Waals surface area (Å²) < 4.78 is 19.3. The maximum atomic E-state index is 13.9. The van der Waals surface area contributed by atoms with Crippen LogP contribution in [-0.4, -0.2) is 65.5 Å². The lowest BCUT2D eigenvalue weighted by Gasteiger charge is -2.34. The summed E-state index contributed by atoms with van der Waals surface area (Å²) in [7, 11) is 2.10. The van der Waals surface area contributed by atoms with Gasteiger partial charge in [-0.25, -0.2) is 9.18 Å². The van der Waals surface area contributed by atoms with Gasteiger partial charge in [0.1, 0.15) is 23.7 Å². The molecule has 0 unspecified atom stereocenters. The fourth-order valence-corrected chi connectivity index (χ4v) is 6.17. The summed E-state index contributed by atoms with van der Waals surface area (Å²) in [6.45, 7) is 4.82. The smallest absolute Gasteiger partial charge is 0.318 e. The molecule has 8 nitrogen and oxygen atoms in total. The number of likely N-dealkylation sites (tertiary alicyclic amines) is 1. The lowest BCUT2D eigenvalue weighted by molar-refractivity contribution is -0.118. The van der Waals surface area contributed by atoms with Gasteiger partial charge < -0.3 is 30.2 Å². The zero-order valence-electron chi connectivity index (χ0n) is 24.6. The van der Waals surface area contributed by atoms with Gasteiger partial charge in [0.2, 0.25) is 5.91 Å². The number of ether oxygens (including phenoxy) is 1. The summed E-state index contributed by atoms with van der Waals surface area (Å²) in [5, 5.41) is 7.19. The molecule has 0 bridgehead atoms. The largest absolute Gasteiger partial charge is 0.490 e. The van der Waals surface area contributed by atoms with Gasteiger partial charge in [0, 0.05) is 67.7 Å². The van der Waals surface area contributed by atoms with Gasteiger partial charge in [0.15, 0.2) is 0 Å². The monoisotopic (exact) mass is 583 g/mol. The van der Waals surface area contributed by atoms with Crippen LogP contribution in [0.3, 0.4) is 0 Å². The summed E-state index contributed by atoms with van der Waals surface area (Å²) in [6.07, 6.45) is 4.13. The van der Waals surface area contributed by atoms with E-state index in [9.17, 15) is 14.0 Å². The number of benzene rings is 3. The molecule has 0 spiro atoms. The van der Waals surface area contributed by atoms with E-state index in [-0.39, 0.29) is 29.8 Å². The van der Waals surface area contributed by atoms with Crippen LogP contribution in [0, 0.1) is 5.82 Å². The Kier molecular flexibility index (Phi) is 8.33. The third-order valence-electron chi connectivity index (χ3n) is 8.70. The van der Waals surface area contributed by atoms with Crippen molar-refractivity contribution in [3.8, 4) is 5.75 Å². The van der Waals surface area contributed by atoms with Gasteiger partial charge in [-0.3, -0.25) is 4.79 Å². The number of urea groups is 1. The number of hydrogen-bond donors (Lipinski definition) is 3. The van der Waals surface area contributed by atoms with Crippen LogP contribution in [0.4, 0.5) is 14.9 Å². The molecule has 0 aliphatic carbocycles. The average molecular weight is 584 g/mol. The molecule has 1 aromatic heterocycles. The lowest BCUT2D eigenvalue weighted by Crippen LogP contribution is -2.53.